The van der Waals surface area contributed by atoms with Crippen LogP contribution in [0.3, 0.4) is 0 Å². The molecule has 4 heteroatoms. The Labute approximate surface area is 118 Å². The molecular formula is C16H14N4. The van der Waals surface area contributed by atoms with E-state index >= 15 is 0 Å². The predicted molar refractivity (Wildman–Crippen MR) is 76.5 cm³/mol. The van der Waals surface area contributed by atoms with E-state index in [-0.39, 0.29) is 0 Å². The topological polar surface area (TPSA) is 54.5 Å². The van der Waals surface area contributed by atoms with Crippen LogP contribution in [-0.2, 0) is 12.0 Å². The molecule has 0 aliphatic heterocycles. The molecule has 20 heavy (non-hydrogen) atoms. The van der Waals surface area contributed by atoms with E-state index in [9.17, 15) is 5.26 Å². The summed E-state index contributed by atoms with van der Waals surface area (Å²) in [7, 11) is 0. The van der Waals surface area contributed by atoms with Crippen LogP contribution in [0.2, 0.25) is 0 Å². The normalized spacial score (nSPS) is 12.9. The molecule has 0 spiro atoms. The molecular weight excluding hydrogens is 248 g/mol. The van der Waals surface area contributed by atoms with Gasteiger partial charge in [-0.15, -0.1) is 13.0 Å². The molecule has 98 valence electrons. The highest BCUT2D eigenvalue weighted by Gasteiger charge is 2.32. The van der Waals surface area contributed by atoms with Crippen molar-refractivity contribution in [3.8, 4) is 18.4 Å². The van der Waals surface area contributed by atoms with E-state index in [4.69, 9.17) is 6.42 Å². The summed E-state index contributed by atoms with van der Waals surface area (Å²) in [6.45, 7) is 4.17. The van der Waals surface area contributed by atoms with Gasteiger partial charge in [0.05, 0.1) is 12.6 Å². The predicted octanol–water partition coefficient (Wildman–Crippen LogP) is 2.30. The minimum absolute atomic E-state index is 0.422. The Morgan fingerprint density at radius 2 is 2.15 bits per heavy atom. The molecule has 2 rings (SSSR count). The Kier molecular flexibility index (Phi) is 3.98. The zero-order chi connectivity index (χ0) is 14.4. The van der Waals surface area contributed by atoms with Crippen LogP contribution in [-0.4, -0.2) is 14.8 Å². The molecule has 0 bridgehead atoms. The number of hydrogen-bond donors (Lipinski definition) is 0. The maximum Gasteiger partial charge on any atom is 0.137 e. The number of hydrogen-bond acceptors (Lipinski definition) is 3. The summed E-state index contributed by atoms with van der Waals surface area (Å²) in [5, 5.41) is 13.8. The zero-order valence-electron chi connectivity index (χ0n) is 11.0. The van der Waals surface area contributed by atoms with Gasteiger partial charge in [0.15, 0.2) is 0 Å². The van der Waals surface area contributed by atoms with E-state index in [1.165, 1.54) is 6.33 Å². The fourth-order valence-electron chi connectivity index (χ4n) is 2.14. The van der Waals surface area contributed by atoms with Crippen LogP contribution in [0.25, 0.3) is 0 Å². The summed E-state index contributed by atoms with van der Waals surface area (Å²) in [4.78, 5) is 3.91. The minimum atomic E-state index is -0.720. The Balaban J connectivity index is 2.42. The van der Waals surface area contributed by atoms with Crippen LogP contribution in [0.4, 0.5) is 0 Å². The Morgan fingerprint density at radius 1 is 1.40 bits per heavy atom. The monoisotopic (exact) mass is 262 g/mol. The summed E-state index contributed by atoms with van der Waals surface area (Å²) in [5.41, 5.74) is 0.970. The fourth-order valence-corrected chi connectivity index (χ4v) is 2.14. The molecule has 1 aromatic carbocycles. The first-order chi connectivity index (χ1) is 9.74. The van der Waals surface area contributed by atoms with E-state index in [0.717, 1.165) is 11.1 Å². The van der Waals surface area contributed by atoms with Crippen LogP contribution >= 0.6 is 0 Å². The van der Waals surface area contributed by atoms with Gasteiger partial charge in [0.2, 0.25) is 0 Å². The highest BCUT2D eigenvalue weighted by atomic mass is 15.3. The minimum Gasteiger partial charge on any atom is -0.251 e. The van der Waals surface area contributed by atoms with Gasteiger partial charge in [-0.2, -0.15) is 10.4 Å². The summed E-state index contributed by atoms with van der Waals surface area (Å²) >= 11 is 0. The maximum absolute atomic E-state index is 9.69. The fraction of sp³-hybridized carbons (Fsp3) is 0.188. The van der Waals surface area contributed by atoms with E-state index in [2.05, 4.69) is 28.7 Å². The van der Waals surface area contributed by atoms with Crippen LogP contribution in [0.15, 0.2) is 49.6 Å². The number of aromatic nitrogens is 3. The number of rotatable bonds is 5. The van der Waals surface area contributed by atoms with Crippen molar-refractivity contribution >= 4 is 0 Å². The third kappa shape index (κ3) is 2.60. The number of benzene rings is 1. The van der Waals surface area contributed by atoms with Gasteiger partial charge in [-0.3, -0.25) is 4.68 Å². The van der Waals surface area contributed by atoms with Crippen molar-refractivity contribution in [3.63, 3.8) is 0 Å². The van der Waals surface area contributed by atoms with E-state index in [1.807, 2.05) is 24.3 Å². The van der Waals surface area contributed by atoms with E-state index in [0.29, 0.717) is 13.0 Å². The second kappa shape index (κ2) is 5.86. The van der Waals surface area contributed by atoms with Crippen molar-refractivity contribution in [3.05, 3.63) is 60.7 Å². The van der Waals surface area contributed by atoms with Gasteiger partial charge in [-0.05, 0) is 24.1 Å². The summed E-state index contributed by atoms with van der Waals surface area (Å²) in [5.74, 6) is 2.57. The molecule has 0 saturated heterocycles. The number of nitrogens with zero attached hydrogens (tertiary/aromatic N) is 4. The van der Waals surface area contributed by atoms with Crippen LogP contribution < -0.4 is 0 Å². The van der Waals surface area contributed by atoms with Crippen molar-refractivity contribution in [2.75, 3.05) is 0 Å². The molecule has 4 nitrogen and oxygen atoms in total. The van der Waals surface area contributed by atoms with Gasteiger partial charge in [-0.25, -0.2) is 4.98 Å². The second-order valence-corrected chi connectivity index (χ2v) is 4.50. The van der Waals surface area contributed by atoms with Gasteiger partial charge in [0, 0.05) is 5.56 Å². The lowest BCUT2D eigenvalue weighted by atomic mass is 9.78. The number of terminal acetylenes is 1. The molecule has 0 fully saturated rings. The molecule has 1 aromatic heterocycles. The van der Waals surface area contributed by atoms with Crippen LogP contribution in [0.1, 0.15) is 17.5 Å². The third-order valence-corrected chi connectivity index (χ3v) is 3.21. The van der Waals surface area contributed by atoms with E-state index in [1.54, 1.807) is 17.1 Å². The molecule has 1 unspecified atom stereocenters. The first-order valence-corrected chi connectivity index (χ1v) is 6.16. The molecule has 0 aliphatic carbocycles. The third-order valence-electron chi connectivity index (χ3n) is 3.21. The van der Waals surface area contributed by atoms with Crippen molar-refractivity contribution < 1.29 is 0 Å². The number of nitriles is 1. The lowest BCUT2D eigenvalue weighted by Crippen LogP contribution is -2.30. The van der Waals surface area contributed by atoms with Crippen molar-refractivity contribution in [1.29, 1.82) is 5.26 Å². The van der Waals surface area contributed by atoms with Crippen molar-refractivity contribution in [2.24, 2.45) is 0 Å². The molecule has 0 aliphatic rings. The van der Waals surface area contributed by atoms with Gasteiger partial charge in [-0.1, -0.05) is 24.1 Å². The highest BCUT2D eigenvalue weighted by Crippen LogP contribution is 2.30. The SMILES string of the molecule is C#Cc1ccc(C(C#N)(CC=C)Cn2cncn2)cc1. The van der Waals surface area contributed by atoms with Crippen molar-refractivity contribution in [2.45, 2.75) is 18.4 Å². The summed E-state index contributed by atoms with van der Waals surface area (Å²) < 4.78 is 1.65. The Bertz CT molecular complexity index is 656. The summed E-state index contributed by atoms with van der Waals surface area (Å²) in [6, 6.07) is 9.85. The van der Waals surface area contributed by atoms with Crippen LogP contribution in [0, 0.1) is 23.7 Å². The van der Waals surface area contributed by atoms with E-state index < -0.39 is 5.41 Å². The van der Waals surface area contributed by atoms with Gasteiger partial charge in [0.25, 0.3) is 0 Å². The number of allylic oxidation sites excluding steroid dienone is 1. The van der Waals surface area contributed by atoms with Gasteiger partial charge >= 0.3 is 0 Å². The average molecular weight is 262 g/mol. The average Bonchev–Trinajstić information content (AvgIpc) is 2.99. The Morgan fingerprint density at radius 3 is 2.65 bits per heavy atom. The lowest BCUT2D eigenvalue weighted by Gasteiger charge is -2.25. The first-order valence-electron chi connectivity index (χ1n) is 6.16. The standard InChI is InChI=1S/C16H14N4/c1-3-9-16(10-17,11-20-13-18-12-19-20)15-7-5-14(4-2)6-8-15/h2-3,5-8,12-13H,1,9,11H2. The molecule has 0 amide bonds. The highest BCUT2D eigenvalue weighted by molar-refractivity contribution is 5.40. The first kappa shape index (κ1) is 13.6. The molecule has 2 aromatic rings. The largest absolute Gasteiger partial charge is 0.251 e. The molecule has 0 N–H and O–H groups in total. The summed E-state index contributed by atoms with van der Waals surface area (Å²) in [6.07, 6.45) is 10.7. The molecule has 0 radical (unpaired) electrons. The van der Waals surface area contributed by atoms with Crippen molar-refractivity contribution in [1.82, 2.24) is 14.8 Å². The van der Waals surface area contributed by atoms with Gasteiger partial charge in [0.1, 0.15) is 18.1 Å². The molecule has 1 atom stereocenters. The lowest BCUT2D eigenvalue weighted by molar-refractivity contribution is 0.431. The Hall–Kier alpha value is -2.85. The van der Waals surface area contributed by atoms with Crippen LogP contribution in [0.5, 0.6) is 0 Å². The molecule has 0 saturated carbocycles. The quantitative estimate of drug-likeness (QED) is 0.613. The van der Waals surface area contributed by atoms with Gasteiger partial charge < -0.3 is 0 Å². The maximum atomic E-state index is 9.69. The smallest absolute Gasteiger partial charge is 0.137 e. The second-order valence-electron chi connectivity index (χ2n) is 4.50. The molecule has 1 heterocycles. The zero-order valence-corrected chi connectivity index (χ0v) is 11.0.